The molecule has 4 saturated heterocycles. The zero-order valence-corrected chi connectivity index (χ0v) is 32.8. The molecule has 4 fully saturated rings. The van der Waals surface area contributed by atoms with Crippen molar-refractivity contribution in [1.29, 1.82) is 0 Å². The maximum Gasteiger partial charge on any atom is 0.328 e. The van der Waals surface area contributed by atoms with E-state index in [9.17, 15) is 24.0 Å². The van der Waals surface area contributed by atoms with Crippen LogP contribution in [-0.4, -0.2) is 92.4 Å². The fourth-order valence-electron chi connectivity index (χ4n) is 8.34. The number of benzene rings is 2. The number of esters is 1. The van der Waals surface area contributed by atoms with Crippen LogP contribution in [0.4, 0.5) is 0 Å². The van der Waals surface area contributed by atoms with Crippen LogP contribution in [0.2, 0.25) is 0 Å². The van der Waals surface area contributed by atoms with E-state index >= 15 is 0 Å². The molecular weight excluding hydrogens is 709 g/mol. The fourth-order valence-corrected chi connectivity index (χ4v) is 11.4. The summed E-state index contributed by atoms with van der Waals surface area (Å²) in [5.74, 6) is -1.41. The first-order valence-corrected chi connectivity index (χ1v) is 21.2. The van der Waals surface area contributed by atoms with Crippen molar-refractivity contribution in [2.24, 2.45) is 11.8 Å². The van der Waals surface area contributed by atoms with Gasteiger partial charge in [-0.25, -0.2) is 4.79 Å². The van der Waals surface area contributed by atoms with E-state index in [-0.39, 0.29) is 34.4 Å². The minimum atomic E-state index is -0.761. The van der Waals surface area contributed by atoms with Crippen LogP contribution in [0.5, 0.6) is 0 Å². The number of ether oxygens (including phenoxy) is 1. The molecule has 4 amide bonds. The molecule has 7 atom stereocenters. The highest BCUT2D eigenvalue weighted by molar-refractivity contribution is 8.01. The minimum absolute atomic E-state index is 0.0109. The molecule has 0 bridgehead atoms. The van der Waals surface area contributed by atoms with Gasteiger partial charge in [0.1, 0.15) is 18.1 Å². The number of piperidine rings is 2. The number of thioether (sulfide) groups is 2. The first-order valence-electron chi connectivity index (χ1n) is 19.2. The maximum atomic E-state index is 14.3. The van der Waals surface area contributed by atoms with Crippen LogP contribution in [0.25, 0.3) is 0 Å². The average molecular weight is 763 g/mol. The van der Waals surface area contributed by atoms with Crippen LogP contribution in [0.3, 0.4) is 0 Å². The Balaban J connectivity index is 1.20. The molecule has 10 nitrogen and oxygen atoms in total. The molecule has 6 rings (SSSR count). The average Bonchev–Trinajstić information content (AvgIpc) is 3.32. The molecule has 0 spiro atoms. The summed E-state index contributed by atoms with van der Waals surface area (Å²) in [5, 5.41) is 6.31. The Morgan fingerprint density at radius 1 is 0.792 bits per heavy atom. The van der Waals surface area contributed by atoms with Gasteiger partial charge < -0.3 is 25.2 Å². The molecule has 12 heteroatoms. The zero-order chi connectivity index (χ0) is 37.5. The number of nitrogens with zero attached hydrogens (tertiary/aromatic N) is 2. The van der Waals surface area contributed by atoms with Crippen molar-refractivity contribution >= 4 is 53.1 Å². The zero-order valence-electron chi connectivity index (χ0n) is 31.2. The van der Waals surface area contributed by atoms with Gasteiger partial charge in [0.05, 0.1) is 17.9 Å². The molecule has 0 aliphatic carbocycles. The second-order valence-electron chi connectivity index (χ2n) is 15.4. The Bertz CT molecular complexity index is 1610. The molecule has 2 aromatic carbocycles. The number of amides is 4. The van der Waals surface area contributed by atoms with Crippen molar-refractivity contribution in [3.63, 3.8) is 0 Å². The number of fused-ring (bicyclic) bond motifs is 2. The maximum absolute atomic E-state index is 14.3. The molecule has 7 unspecified atom stereocenters. The van der Waals surface area contributed by atoms with Gasteiger partial charge in [0.25, 0.3) is 0 Å². The van der Waals surface area contributed by atoms with Gasteiger partial charge in [-0.15, -0.1) is 23.5 Å². The summed E-state index contributed by atoms with van der Waals surface area (Å²) in [5.41, 5.74) is 2.00. The molecular formula is C41H54N4O6S2. The number of nitrogens with one attached hydrogen (secondary N) is 2. The largest absolute Gasteiger partial charge is 0.467 e. The molecule has 2 aromatic rings. The van der Waals surface area contributed by atoms with Gasteiger partial charge in [0, 0.05) is 23.1 Å². The van der Waals surface area contributed by atoms with Crippen LogP contribution >= 0.6 is 23.5 Å². The van der Waals surface area contributed by atoms with Crippen molar-refractivity contribution in [1.82, 2.24) is 20.4 Å². The number of hydrogen-bond acceptors (Lipinski definition) is 8. The molecule has 0 aromatic heterocycles. The van der Waals surface area contributed by atoms with Crippen molar-refractivity contribution in [3.05, 3.63) is 71.8 Å². The molecule has 0 saturated carbocycles. The van der Waals surface area contributed by atoms with Crippen molar-refractivity contribution in [2.75, 3.05) is 19.4 Å². The highest BCUT2D eigenvalue weighted by Crippen LogP contribution is 2.43. The van der Waals surface area contributed by atoms with E-state index in [0.717, 1.165) is 43.2 Å². The number of rotatable bonds is 12. The summed E-state index contributed by atoms with van der Waals surface area (Å²) in [4.78, 5) is 72.8. The Morgan fingerprint density at radius 2 is 1.40 bits per heavy atom. The number of carbonyl (C=O) groups excluding carboxylic acids is 5. The Kier molecular flexibility index (Phi) is 13.1. The molecule has 4 aliphatic rings. The van der Waals surface area contributed by atoms with Crippen molar-refractivity contribution < 1.29 is 28.7 Å². The second kappa shape index (κ2) is 17.8. The summed E-state index contributed by atoms with van der Waals surface area (Å²) in [7, 11) is 1.34. The second-order valence-corrected chi connectivity index (χ2v) is 18.5. The monoisotopic (exact) mass is 762 g/mol. The fraction of sp³-hybridized carbons (Fsp3) is 0.585. The summed E-state index contributed by atoms with van der Waals surface area (Å²) < 4.78 is 4.60. The third-order valence-electron chi connectivity index (χ3n) is 11.3. The van der Waals surface area contributed by atoms with Gasteiger partial charge in [-0.2, -0.15) is 0 Å². The van der Waals surface area contributed by atoms with Crippen molar-refractivity contribution in [3.8, 4) is 0 Å². The minimum Gasteiger partial charge on any atom is -0.467 e. The van der Waals surface area contributed by atoms with E-state index in [2.05, 4.69) is 10.6 Å². The van der Waals surface area contributed by atoms with Crippen LogP contribution in [-0.2, 0) is 41.6 Å². The van der Waals surface area contributed by atoms with Gasteiger partial charge in [-0.3, -0.25) is 19.2 Å². The SMILES string of the molecule is COC(=O)C1CCCC2SCCC(NC(=O)C(CCC(Cc3ccccc3)C(=O)NC3C(=O)N4CCCCC4SC3(C)C)Cc3ccccc3)C(=O)N21. The van der Waals surface area contributed by atoms with E-state index in [0.29, 0.717) is 50.8 Å². The molecule has 4 aliphatic heterocycles. The molecule has 2 N–H and O–H groups in total. The van der Waals surface area contributed by atoms with Gasteiger partial charge in [-0.1, -0.05) is 60.7 Å². The van der Waals surface area contributed by atoms with Crippen LogP contribution < -0.4 is 10.6 Å². The lowest BCUT2D eigenvalue weighted by Crippen LogP contribution is -2.64. The first kappa shape index (κ1) is 39.2. The molecule has 0 radical (unpaired) electrons. The van der Waals surface area contributed by atoms with E-state index in [4.69, 9.17) is 4.74 Å². The topological polar surface area (TPSA) is 125 Å². The quantitative estimate of drug-likeness (QED) is 0.278. The highest BCUT2D eigenvalue weighted by Gasteiger charge is 2.49. The Hall–Kier alpha value is -3.51. The lowest BCUT2D eigenvalue weighted by atomic mass is 9.86. The third-order valence-corrected chi connectivity index (χ3v) is 14.2. The smallest absolute Gasteiger partial charge is 0.328 e. The third kappa shape index (κ3) is 9.42. The lowest BCUT2D eigenvalue weighted by molar-refractivity contribution is -0.156. The van der Waals surface area contributed by atoms with Crippen LogP contribution in [0, 0.1) is 11.8 Å². The van der Waals surface area contributed by atoms with Gasteiger partial charge in [0.2, 0.25) is 23.6 Å². The van der Waals surface area contributed by atoms with Crippen molar-refractivity contribution in [2.45, 2.75) is 118 Å². The normalized spacial score (nSPS) is 26.7. The Labute approximate surface area is 322 Å². The van der Waals surface area contributed by atoms with E-state index in [1.165, 1.54) is 7.11 Å². The summed E-state index contributed by atoms with van der Waals surface area (Å²) in [6.45, 7) is 4.81. The lowest BCUT2D eigenvalue weighted by Gasteiger charge is -2.49. The standard InChI is InChI=1S/C41H54N4O6S2/c1-41(2)35(39(49)44-23-11-10-18-33(44)53-41)43-37(47)30(26-28-15-8-5-9-16-28)21-20-29(25-27-13-6-4-7-14-27)36(46)42-31-22-24-52-34-19-12-17-32(40(50)51-3)45(34)38(31)48/h4-9,13-16,29-35H,10-12,17-26H2,1-3H3,(H,42,46)(H,43,47). The van der Waals surface area contributed by atoms with Gasteiger partial charge in [-0.05, 0) is 101 Å². The molecule has 53 heavy (non-hydrogen) atoms. The summed E-state index contributed by atoms with van der Waals surface area (Å²) in [6, 6.07) is 17.6. The van der Waals surface area contributed by atoms with Gasteiger partial charge >= 0.3 is 5.97 Å². The summed E-state index contributed by atoms with van der Waals surface area (Å²) >= 11 is 3.43. The summed E-state index contributed by atoms with van der Waals surface area (Å²) in [6.07, 6.45) is 7.42. The first-order chi connectivity index (χ1) is 25.6. The van der Waals surface area contributed by atoms with E-state index in [1.807, 2.05) is 79.4 Å². The number of hydrogen-bond donors (Lipinski definition) is 2. The highest BCUT2D eigenvalue weighted by atomic mass is 32.2. The number of methoxy groups -OCH3 is 1. The van der Waals surface area contributed by atoms with Crippen LogP contribution in [0.1, 0.15) is 82.8 Å². The number of carbonyl (C=O) groups is 5. The molecule has 4 heterocycles. The Morgan fingerprint density at radius 3 is 2.02 bits per heavy atom. The van der Waals surface area contributed by atoms with E-state index in [1.54, 1.807) is 28.4 Å². The van der Waals surface area contributed by atoms with E-state index < -0.39 is 40.7 Å². The molecule has 286 valence electrons. The van der Waals surface area contributed by atoms with Gasteiger partial charge in [0.15, 0.2) is 0 Å². The van der Waals surface area contributed by atoms with Crippen LogP contribution in [0.15, 0.2) is 60.7 Å². The predicted molar refractivity (Wildman–Crippen MR) is 209 cm³/mol. The predicted octanol–water partition coefficient (Wildman–Crippen LogP) is 5.34.